The minimum Gasteiger partial charge on any atom is -0.378 e. The van der Waals surface area contributed by atoms with E-state index in [2.05, 4.69) is 10.3 Å². The Balaban J connectivity index is 1.79. The maximum Gasteiger partial charge on any atom is 0.133 e. The zero-order valence-electron chi connectivity index (χ0n) is 10.7. The minimum absolute atomic E-state index is 0.315. The van der Waals surface area contributed by atoms with Crippen LogP contribution in [-0.4, -0.2) is 29.7 Å². The fourth-order valence-corrected chi connectivity index (χ4v) is 3.61. The van der Waals surface area contributed by atoms with E-state index in [-0.39, 0.29) is 0 Å². The van der Waals surface area contributed by atoms with Gasteiger partial charge in [-0.05, 0) is 19.3 Å². The summed E-state index contributed by atoms with van der Waals surface area (Å²) >= 11 is 1.91. The van der Waals surface area contributed by atoms with Crippen molar-refractivity contribution >= 4 is 17.6 Å². The van der Waals surface area contributed by atoms with Crippen LogP contribution in [0.4, 0.5) is 5.82 Å². The SMILES string of the molecule is CNc1nc(CC2CCCCO2)nc2c1CSC2. The molecule has 1 fully saturated rings. The average molecular weight is 265 g/mol. The molecule has 3 rings (SSSR count). The van der Waals surface area contributed by atoms with E-state index in [1.807, 2.05) is 18.8 Å². The Morgan fingerprint density at radius 2 is 2.28 bits per heavy atom. The summed E-state index contributed by atoms with van der Waals surface area (Å²) in [6.45, 7) is 0.893. The Morgan fingerprint density at radius 3 is 3.06 bits per heavy atom. The highest BCUT2D eigenvalue weighted by atomic mass is 32.2. The first-order chi connectivity index (χ1) is 8.86. The van der Waals surface area contributed by atoms with Crippen LogP contribution in [0.3, 0.4) is 0 Å². The van der Waals surface area contributed by atoms with Crippen molar-refractivity contribution in [3.63, 3.8) is 0 Å². The molecule has 0 aromatic carbocycles. The molecule has 2 aliphatic heterocycles. The van der Waals surface area contributed by atoms with Crippen LogP contribution in [0, 0.1) is 0 Å². The standard InChI is InChI=1S/C13H19N3OS/c1-14-13-10-7-18-8-11(10)15-12(16-13)6-9-4-2-3-5-17-9/h9H,2-8H2,1H3,(H,14,15,16). The lowest BCUT2D eigenvalue weighted by atomic mass is 10.1. The molecule has 0 aliphatic carbocycles. The van der Waals surface area contributed by atoms with Gasteiger partial charge >= 0.3 is 0 Å². The van der Waals surface area contributed by atoms with Gasteiger partial charge < -0.3 is 10.1 Å². The van der Waals surface area contributed by atoms with Gasteiger partial charge in [-0.25, -0.2) is 9.97 Å². The van der Waals surface area contributed by atoms with E-state index >= 15 is 0 Å². The smallest absolute Gasteiger partial charge is 0.133 e. The van der Waals surface area contributed by atoms with E-state index in [4.69, 9.17) is 9.72 Å². The van der Waals surface area contributed by atoms with Crippen LogP contribution in [0.25, 0.3) is 0 Å². The molecule has 1 atom stereocenters. The van der Waals surface area contributed by atoms with Crippen LogP contribution in [-0.2, 0) is 22.7 Å². The van der Waals surface area contributed by atoms with Crippen LogP contribution in [0.2, 0.25) is 0 Å². The predicted molar refractivity (Wildman–Crippen MR) is 73.9 cm³/mol. The Kier molecular flexibility index (Phi) is 3.70. The summed E-state index contributed by atoms with van der Waals surface area (Å²) in [4.78, 5) is 9.35. The zero-order chi connectivity index (χ0) is 12.4. The minimum atomic E-state index is 0.315. The molecule has 1 unspecified atom stereocenters. The number of nitrogens with zero attached hydrogens (tertiary/aromatic N) is 2. The summed E-state index contributed by atoms with van der Waals surface area (Å²) in [6, 6.07) is 0. The second kappa shape index (κ2) is 5.45. The Bertz CT molecular complexity index is 432. The number of hydrogen-bond acceptors (Lipinski definition) is 5. The maximum atomic E-state index is 5.77. The number of hydrogen-bond donors (Lipinski definition) is 1. The van der Waals surface area contributed by atoms with Crippen molar-refractivity contribution in [1.82, 2.24) is 9.97 Å². The van der Waals surface area contributed by atoms with Crippen molar-refractivity contribution in [3.05, 3.63) is 17.1 Å². The van der Waals surface area contributed by atoms with E-state index in [0.29, 0.717) is 6.10 Å². The van der Waals surface area contributed by atoms with Gasteiger partial charge in [0.25, 0.3) is 0 Å². The normalized spacial score (nSPS) is 22.8. The third-order valence-electron chi connectivity index (χ3n) is 3.55. The summed E-state index contributed by atoms with van der Waals surface area (Å²) in [6.07, 6.45) is 4.77. The molecule has 0 bridgehead atoms. The molecule has 1 saturated heterocycles. The number of ether oxygens (including phenoxy) is 1. The summed E-state index contributed by atoms with van der Waals surface area (Å²) in [7, 11) is 1.94. The van der Waals surface area contributed by atoms with Crippen LogP contribution < -0.4 is 5.32 Å². The van der Waals surface area contributed by atoms with Crippen LogP contribution in [0.5, 0.6) is 0 Å². The van der Waals surface area contributed by atoms with E-state index in [9.17, 15) is 0 Å². The van der Waals surface area contributed by atoms with Crippen molar-refractivity contribution in [2.45, 2.75) is 43.3 Å². The quantitative estimate of drug-likeness (QED) is 0.909. The van der Waals surface area contributed by atoms with Gasteiger partial charge in [-0.3, -0.25) is 0 Å². The van der Waals surface area contributed by atoms with Crippen LogP contribution in [0.15, 0.2) is 0 Å². The van der Waals surface area contributed by atoms with Gasteiger partial charge in [0.1, 0.15) is 11.6 Å². The van der Waals surface area contributed by atoms with Crippen molar-refractivity contribution in [3.8, 4) is 0 Å². The van der Waals surface area contributed by atoms with Gasteiger partial charge in [-0.15, -0.1) is 0 Å². The summed E-state index contributed by atoms with van der Waals surface area (Å²) < 4.78 is 5.77. The van der Waals surface area contributed by atoms with E-state index in [1.165, 1.54) is 24.1 Å². The lowest BCUT2D eigenvalue weighted by Crippen LogP contribution is -2.23. The van der Waals surface area contributed by atoms with Crippen LogP contribution >= 0.6 is 11.8 Å². The Hall–Kier alpha value is -0.810. The number of thioether (sulfide) groups is 1. The molecule has 98 valence electrons. The lowest BCUT2D eigenvalue weighted by molar-refractivity contribution is 0.0156. The molecule has 0 amide bonds. The molecular weight excluding hydrogens is 246 g/mol. The van der Waals surface area contributed by atoms with Crippen molar-refractivity contribution in [1.29, 1.82) is 0 Å². The highest BCUT2D eigenvalue weighted by molar-refractivity contribution is 7.98. The van der Waals surface area contributed by atoms with E-state index < -0.39 is 0 Å². The molecular formula is C13H19N3OS. The number of nitrogens with one attached hydrogen (secondary N) is 1. The molecule has 4 nitrogen and oxygen atoms in total. The molecule has 3 heterocycles. The van der Waals surface area contributed by atoms with Gasteiger partial charge in [0, 0.05) is 37.1 Å². The molecule has 0 saturated carbocycles. The highest BCUT2D eigenvalue weighted by Gasteiger charge is 2.21. The molecule has 1 aromatic heterocycles. The van der Waals surface area contributed by atoms with Crippen molar-refractivity contribution in [2.75, 3.05) is 19.0 Å². The molecule has 0 spiro atoms. The maximum absolute atomic E-state index is 5.77. The van der Waals surface area contributed by atoms with E-state index in [0.717, 1.165) is 42.6 Å². The van der Waals surface area contributed by atoms with Crippen LogP contribution in [0.1, 0.15) is 36.3 Å². The molecule has 0 radical (unpaired) electrons. The Morgan fingerprint density at radius 1 is 1.33 bits per heavy atom. The third-order valence-corrected chi connectivity index (χ3v) is 4.52. The molecule has 2 aliphatic rings. The number of rotatable bonds is 3. The van der Waals surface area contributed by atoms with Crippen molar-refractivity contribution < 1.29 is 4.74 Å². The number of anilines is 1. The molecule has 5 heteroatoms. The molecule has 18 heavy (non-hydrogen) atoms. The fraction of sp³-hybridized carbons (Fsp3) is 0.692. The second-order valence-corrected chi connectivity index (χ2v) is 5.83. The summed E-state index contributed by atoms with van der Waals surface area (Å²) in [5.41, 5.74) is 2.50. The first-order valence-corrected chi connectivity index (χ1v) is 7.78. The summed E-state index contributed by atoms with van der Waals surface area (Å²) in [5.74, 6) is 4.00. The Labute approximate surface area is 112 Å². The number of aromatic nitrogens is 2. The predicted octanol–water partition coefficient (Wildman–Crippen LogP) is 2.38. The van der Waals surface area contributed by atoms with E-state index in [1.54, 1.807) is 0 Å². The second-order valence-electron chi connectivity index (χ2n) is 4.85. The largest absolute Gasteiger partial charge is 0.378 e. The topological polar surface area (TPSA) is 47.0 Å². The zero-order valence-corrected chi connectivity index (χ0v) is 11.6. The molecule has 1 aromatic rings. The fourth-order valence-electron chi connectivity index (χ4n) is 2.57. The van der Waals surface area contributed by atoms with Gasteiger partial charge in [0.15, 0.2) is 0 Å². The lowest BCUT2D eigenvalue weighted by Gasteiger charge is -2.22. The van der Waals surface area contributed by atoms with Gasteiger partial charge in [-0.2, -0.15) is 11.8 Å². The molecule has 1 N–H and O–H groups in total. The first-order valence-electron chi connectivity index (χ1n) is 6.62. The summed E-state index contributed by atoms with van der Waals surface area (Å²) in [5, 5.41) is 3.20. The highest BCUT2D eigenvalue weighted by Crippen LogP contribution is 2.32. The van der Waals surface area contributed by atoms with Crippen molar-refractivity contribution in [2.24, 2.45) is 0 Å². The van der Waals surface area contributed by atoms with Gasteiger partial charge in [-0.1, -0.05) is 0 Å². The first kappa shape index (κ1) is 12.2. The third kappa shape index (κ3) is 2.47. The van der Waals surface area contributed by atoms with Gasteiger partial charge in [0.05, 0.1) is 11.8 Å². The average Bonchev–Trinajstić information content (AvgIpc) is 2.87. The number of fused-ring (bicyclic) bond motifs is 1. The van der Waals surface area contributed by atoms with Gasteiger partial charge in [0.2, 0.25) is 0 Å². The monoisotopic (exact) mass is 265 g/mol.